The fourth-order valence-corrected chi connectivity index (χ4v) is 12.2. The van der Waals surface area contributed by atoms with E-state index in [0.717, 1.165) is 52.3 Å². The van der Waals surface area contributed by atoms with E-state index < -0.39 is 0 Å². The lowest BCUT2D eigenvalue weighted by atomic mass is 9.64. The van der Waals surface area contributed by atoms with Crippen molar-refractivity contribution < 1.29 is 0 Å². The number of rotatable bonds is 5. The summed E-state index contributed by atoms with van der Waals surface area (Å²) in [5, 5.41) is 5.43. The maximum absolute atomic E-state index is 5.43. The Morgan fingerprint density at radius 3 is 1.88 bits per heavy atom. The second-order valence-electron chi connectivity index (χ2n) is 18.6. The van der Waals surface area contributed by atoms with Gasteiger partial charge >= 0.3 is 0 Å². The first-order valence-electron chi connectivity index (χ1n) is 23.6. The zero-order valence-electron chi connectivity index (χ0n) is 36.5. The van der Waals surface area contributed by atoms with Crippen molar-refractivity contribution in [3.63, 3.8) is 0 Å². The summed E-state index contributed by atoms with van der Waals surface area (Å²) in [4.78, 5) is 10.7. The molecular weight excluding hydrogens is 785 g/mol. The van der Waals surface area contributed by atoms with Gasteiger partial charge in [-0.1, -0.05) is 201 Å². The Labute approximate surface area is 381 Å². The van der Waals surface area contributed by atoms with E-state index in [2.05, 4.69) is 200 Å². The summed E-state index contributed by atoms with van der Waals surface area (Å²) in [5.41, 5.74) is 20.7. The minimum absolute atomic E-state index is 0.0241. The number of benzene rings is 9. The molecule has 10 aromatic rings. The number of aromatic nitrogens is 2. The SMILES string of the molecule is c1ccc(-c2cccc(-c3nc(-c4ccccc4)cc(-c4cccc(C5CCc6ccc7ccccc7c6-c6c5c5c(c7ccccc67)-c6ccccc6C56CCCCC6)c4)n3)c2)cc1. The number of nitrogens with zero attached hydrogens (tertiary/aromatic N) is 2. The lowest BCUT2D eigenvalue weighted by Crippen LogP contribution is -2.30. The van der Waals surface area contributed by atoms with Gasteiger partial charge in [0.25, 0.3) is 0 Å². The van der Waals surface area contributed by atoms with Crippen molar-refractivity contribution in [1.29, 1.82) is 0 Å². The van der Waals surface area contributed by atoms with E-state index in [-0.39, 0.29) is 11.3 Å². The van der Waals surface area contributed by atoms with Crippen LogP contribution in [0.3, 0.4) is 0 Å². The third-order valence-corrected chi connectivity index (χ3v) is 15.1. The van der Waals surface area contributed by atoms with E-state index in [1.807, 2.05) is 0 Å². The van der Waals surface area contributed by atoms with Crippen LogP contribution >= 0.6 is 0 Å². The molecular formula is C63H48N2. The molecule has 65 heavy (non-hydrogen) atoms. The van der Waals surface area contributed by atoms with E-state index in [0.29, 0.717) is 0 Å². The Hall–Kier alpha value is -7.42. The average molecular weight is 833 g/mol. The molecule has 0 N–H and O–H groups in total. The molecule has 2 nitrogen and oxygen atoms in total. The van der Waals surface area contributed by atoms with Crippen molar-refractivity contribution in [2.75, 3.05) is 0 Å². The molecule has 9 aromatic carbocycles. The van der Waals surface area contributed by atoms with Gasteiger partial charge in [-0.3, -0.25) is 0 Å². The summed E-state index contributed by atoms with van der Waals surface area (Å²) in [7, 11) is 0. The molecule has 1 saturated carbocycles. The van der Waals surface area contributed by atoms with Gasteiger partial charge in [0.1, 0.15) is 0 Å². The molecule has 1 atom stereocenters. The highest BCUT2D eigenvalue weighted by molar-refractivity contribution is 6.15. The van der Waals surface area contributed by atoms with Crippen molar-refractivity contribution >= 4 is 21.5 Å². The van der Waals surface area contributed by atoms with Gasteiger partial charge < -0.3 is 0 Å². The van der Waals surface area contributed by atoms with E-state index in [4.69, 9.17) is 9.97 Å². The maximum atomic E-state index is 5.43. The zero-order valence-corrected chi connectivity index (χ0v) is 36.5. The van der Waals surface area contributed by atoms with E-state index in [9.17, 15) is 0 Å². The highest BCUT2D eigenvalue weighted by Crippen LogP contribution is 2.63. The summed E-state index contributed by atoms with van der Waals surface area (Å²) >= 11 is 0. The fourth-order valence-electron chi connectivity index (χ4n) is 12.2. The minimum atomic E-state index is -0.0241. The van der Waals surface area contributed by atoms with E-state index in [1.54, 1.807) is 16.7 Å². The first kappa shape index (κ1) is 38.1. The van der Waals surface area contributed by atoms with Gasteiger partial charge in [-0.05, 0) is 127 Å². The molecule has 1 spiro atoms. The first-order chi connectivity index (χ1) is 32.2. The Morgan fingerprint density at radius 2 is 1.06 bits per heavy atom. The molecule has 1 aromatic heterocycles. The lowest BCUT2D eigenvalue weighted by Gasteiger charge is -2.39. The van der Waals surface area contributed by atoms with Gasteiger partial charge in [-0.25, -0.2) is 9.97 Å². The molecule has 0 amide bonds. The third kappa shape index (κ3) is 6.15. The van der Waals surface area contributed by atoms with Crippen LogP contribution in [0.4, 0.5) is 0 Å². The Bertz CT molecular complexity index is 3470. The molecule has 3 aliphatic carbocycles. The summed E-state index contributed by atoms with van der Waals surface area (Å²) in [6.07, 6.45) is 8.21. The van der Waals surface area contributed by atoms with Crippen LogP contribution in [0.5, 0.6) is 0 Å². The van der Waals surface area contributed by atoms with Crippen LogP contribution in [0.1, 0.15) is 72.3 Å². The van der Waals surface area contributed by atoms with Crippen molar-refractivity contribution in [2.45, 2.75) is 56.3 Å². The van der Waals surface area contributed by atoms with Gasteiger partial charge in [0, 0.05) is 28.0 Å². The van der Waals surface area contributed by atoms with Crippen LogP contribution in [-0.2, 0) is 11.8 Å². The van der Waals surface area contributed by atoms with Crippen molar-refractivity contribution in [3.8, 4) is 67.3 Å². The maximum Gasteiger partial charge on any atom is 0.160 e. The first-order valence-corrected chi connectivity index (χ1v) is 23.6. The van der Waals surface area contributed by atoms with Crippen LogP contribution in [-0.4, -0.2) is 9.97 Å². The molecule has 1 fully saturated rings. The summed E-state index contributed by atoms with van der Waals surface area (Å²) in [6, 6.07) is 74.2. The molecule has 13 rings (SSSR count). The Kier molecular flexibility index (Phi) is 9.01. The van der Waals surface area contributed by atoms with Crippen LogP contribution in [0, 0.1) is 0 Å². The molecule has 1 unspecified atom stereocenters. The summed E-state index contributed by atoms with van der Waals surface area (Å²) in [6.45, 7) is 0. The van der Waals surface area contributed by atoms with Crippen LogP contribution in [0.25, 0.3) is 88.8 Å². The minimum Gasteiger partial charge on any atom is -0.228 e. The van der Waals surface area contributed by atoms with Crippen molar-refractivity contribution in [1.82, 2.24) is 9.97 Å². The lowest BCUT2D eigenvalue weighted by molar-refractivity contribution is 0.350. The predicted molar refractivity (Wildman–Crippen MR) is 270 cm³/mol. The van der Waals surface area contributed by atoms with Gasteiger partial charge in [0.15, 0.2) is 5.82 Å². The largest absolute Gasteiger partial charge is 0.228 e. The highest BCUT2D eigenvalue weighted by Gasteiger charge is 2.48. The van der Waals surface area contributed by atoms with Crippen molar-refractivity contribution in [3.05, 3.63) is 228 Å². The summed E-state index contributed by atoms with van der Waals surface area (Å²) < 4.78 is 0. The molecule has 310 valence electrons. The fraction of sp³-hybridized carbons (Fsp3) is 0.143. The number of aryl methyl sites for hydroxylation is 1. The Balaban J connectivity index is 1.06. The molecule has 1 heterocycles. The molecule has 0 bridgehead atoms. The van der Waals surface area contributed by atoms with Crippen molar-refractivity contribution in [2.24, 2.45) is 0 Å². The predicted octanol–water partition coefficient (Wildman–Crippen LogP) is 16.4. The molecule has 0 saturated heterocycles. The van der Waals surface area contributed by atoms with Gasteiger partial charge in [0.2, 0.25) is 0 Å². The molecule has 0 aliphatic heterocycles. The molecule has 2 heteroatoms. The number of hydrogen-bond donors (Lipinski definition) is 0. The quantitative estimate of drug-likeness (QED) is 0.173. The van der Waals surface area contributed by atoms with Gasteiger partial charge in [-0.15, -0.1) is 0 Å². The number of fused-ring (bicyclic) bond motifs is 14. The number of hydrogen-bond acceptors (Lipinski definition) is 2. The summed E-state index contributed by atoms with van der Waals surface area (Å²) in [5.74, 6) is 0.896. The smallest absolute Gasteiger partial charge is 0.160 e. The highest BCUT2D eigenvalue weighted by atomic mass is 14.9. The average Bonchev–Trinajstić information content (AvgIpc) is 3.52. The van der Waals surface area contributed by atoms with E-state index >= 15 is 0 Å². The molecule has 3 aliphatic rings. The third-order valence-electron chi connectivity index (χ3n) is 15.1. The molecule has 0 radical (unpaired) electrons. The van der Waals surface area contributed by atoms with Gasteiger partial charge in [-0.2, -0.15) is 0 Å². The van der Waals surface area contributed by atoms with Crippen LogP contribution in [0.15, 0.2) is 200 Å². The van der Waals surface area contributed by atoms with Gasteiger partial charge in [0.05, 0.1) is 11.4 Å². The topological polar surface area (TPSA) is 25.8 Å². The van der Waals surface area contributed by atoms with E-state index in [1.165, 1.54) is 92.6 Å². The standard InChI is InChI=1S/C63H48N2/c1-4-18-41(19-5-1)45-23-16-26-48(38-45)62-64-55(43-21-6-2-7-22-43)40-56(65-62)47-25-17-24-46(39-47)50-35-34-44-33-32-42-20-8-9-27-49(42)57(44)59-52-29-11-10-28-51(52)58-53-30-12-13-31-54(53)63(61(58)60(50)59)36-14-3-15-37-63/h1-2,4-13,16-33,38-40,50H,3,14-15,34-37H2. The zero-order chi connectivity index (χ0) is 42.9. The second-order valence-corrected chi connectivity index (χ2v) is 18.6. The van der Waals surface area contributed by atoms with Crippen LogP contribution in [0.2, 0.25) is 0 Å². The van der Waals surface area contributed by atoms with Crippen LogP contribution < -0.4 is 0 Å². The second kappa shape index (κ2) is 15.4. The monoisotopic (exact) mass is 832 g/mol. The Morgan fingerprint density at radius 1 is 0.431 bits per heavy atom. The normalized spacial score (nSPS) is 15.8.